The fourth-order valence-corrected chi connectivity index (χ4v) is 3.51. The lowest BCUT2D eigenvalue weighted by Crippen LogP contribution is -2.49. The summed E-state index contributed by atoms with van der Waals surface area (Å²) in [7, 11) is 0. The Morgan fingerprint density at radius 3 is 2.53 bits per heavy atom. The molecular weight excluding hydrogens is 390 g/mol. The number of hydrogen-bond donors (Lipinski definition) is 1. The van der Waals surface area contributed by atoms with E-state index in [4.69, 9.17) is 0 Å². The molecule has 0 spiro atoms. The van der Waals surface area contributed by atoms with Crippen LogP contribution in [0.15, 0.2) is 47.4 Å². The quantitative estimate of drug-likeness (QED) is 0.505. The van der Waals surface area contributed by atoms with Crippen molar-refractivity contribution in [3.63, 3.8) is 0 Å². The number of benzene rings is 1. The Morgan fingerprint density at radius 1 is 1.13 bits per heavy atom. The molecule has 11 nitrogen and oxygen atoms in total. The van der Waals surface area contributed by atoms with E-state index >= 15 is 0 Å². The van der Waals surface area contributed by atoms with Gasteiger partial charge < -0.3 is 9.80 Å². The summed E-state index contributed by atoms with van der Waals surface area (Å²) in [6.45, 7) is 3.62. The summed E-state index contributed by atoms with van der Waals surface area (Å²) in [6, 6.07) is 9.48. The minimum atomic E-state index is -0.393. The second-order valence-corrected chi connectivity index (χ2v) is 6.86. The van der Waals surface area contributed by atoms with Crippen molar-refractivity contribution >= 4 is 17.3 Å². The first kappa shape index (κ1) is 19.3. The van der Waals surface area contributed by atoms with Crippen LogP contribution in [0.2, 0.25) is 0 Å². The normalized spacial score (nSPS) is 14.0. The lowest BCUT2D eigenvalue weighted by atomic mass is 10.2. The molecule has 1 saturated heterocycles. The molecule has 1 aliphatic heterocycles. The van der Waals surface area contributed by atoms with Crippen LogP contribution < -0.4 is 10.5 Å². The van der Waals surface area contributed by atoms with Crippen molar-refractivity contribution < 1.29 is 9.72 Å². The van der Waals surface area contributed by atoms with Crippen LogP contribution in [0.5, 0.6) is 0 Å². The highest BCUT2D eigenvalue weighted by Gasteiger charge is 2.27. The Balaban J connectivity index is 1.48. The van der Waals surface area contributed by atoms with E-state index in [2.05, 4.69) is 15.3 Å². The van der Waals surface area contributed by atoms with Crippen molar-refractivity contribution in [1.29, 1.82) is 0 Å². The van der Waals surface area contributed by atoms with Crippen LogP contribution in [-0.2, 0) is 0 Å². The molecule has 0 aliphatic carbocycles. The average Bonchev–Trinajstić information content (AvgIpc) is 3.15. The van der Waals surface area contributed by atoms with Crippen LogP contribution in [0.25, 0.3) is 5.82 Å². The summed E-state index contributed by atoms with van der Waals surface area (Å²) in [5.41, 5.74) is 1.35. The number of amides is 1. The third kappa shape index (κ3) is 3.52. The molecule has 4 rings (SSSR count). The molecule has 2 aromatic heterocycles. The number of aromatic nitrogens is 4. The third-order valence-corrected chi connectivity index (χ3v) is 5.11. The molecule has 154 valence electrons. The molecule has 0 unspecified atom stereocenters. The number of nitro groups is 1. The van der Waals surface area contributed by atoms with Crippen LogP contribution in [0.3, 0.4) is 0 Å². The van der Waals surface area contributed by atoms with Gasteiger partial charge in [0, 0.05) is 38.3 Å². The highest BCUT2D eigenvalue weighted by Crippen LogP contribution is 2.28. The Hall–Kier alpha value is -4.02. The van der Waals surface area contributed by atoms with Crippen LogP contribution >= 0.6 is 0 Å². The first-order chi connectivity index (χ1) is 14.5. The number of piperazine rings is 1. The summed E-state index contributed by atoms with van der Waals surface area (Å²) in [5, 5.41) is 21.8. The minimum absolute atomic E-state index is 0.0581. The molecule has 1 amide bonds. The number of nitrogens with one attached hydrogen (secondary N) is 1. The van der Waals surface area contributed by atoms with Crippen molar-refractivity contribution in [2.75, 3.05) is 31.1 Å². The molecule has 0 saturated carbocycles. The lowest BCUT2D eigenvalue weighted by Gasteiger charge is -2.35. The topological polar surface area (TPSA) is 130 Å². The minimum Gasteiger partial charge on any atom is -0.362 e. The summed E-state index contributed by atoms with van der Waals surface area (Å²) < 4.78 is 1.49. The van der Waals surface area contributed by atoms with Gasteiger partial charge in [0.25, 0.3) is 17.2 Å². The van der Waals surface area contributed by atoms with Crippen molar-refractivity contribution in [2.45, 2.75) is 6.92 Å². The van der Waals surface area contributed by atoms with E-state index in [1.807, 2.05) is 4.90 Å². The Labute approximate surface area is 170 Å². The average molecular weight is 409 g/mol. The Morgan fingerprint density at radius 2 is 1.87 bits per heavy atom. The number of aromatic amines is 1. The Bertz CT molecular complexity index is 1140. The molecule has 0 radical (unpaired) electrons. The zero-order valence-corrected chi connectivity index (χ0v) is 16.2. The highest BCUT2D eigenvalue weighted by atomic mass is 16.6. The van der Waals surface area contributed by atoms with Gasteiger partial charge in [0.1, 0.15) is 5.69 Å². The molecule has 3 aromatic rings. The number of anilines is 1. The van der Waals surface area contributed by atoms with Gasteiger partial charge in [-0.1, -0.05) is 12.1 Å². The SMILES string of the molecule is Cc1c(C(=O)N2CCN(c3ccccc3[N+](=O)[O-])CC2)cnn1-c1ccc(=O)[nH]n1. The van der Waals surface area contributed by atoms with Crippen LogP contribution in [0.1, 0.15) is 16.1 Å². The molecule has 30 heavy (non-hydrogen) atoms. The summed E-state index contributed by atoms with van der Waals surface area (Å²) >= 11 is 0. The largest absolute Gasteiger partial charge is 0.362 e. The molecule has 1 aliphatic rings. The second kappa shape index (κ2) is 7.78. The number of nitrogens with zero attached hydrogens (tertiary/aromatic N) is 6. The molecule has 1 N–H and O–H groups in total. The molecule has 0 bridgehead atoms. The number of para-hydroxylation sites is 2. The van der Waals surface area contributed by atoms with Crippen molar-refractivity contribution in [3.8, 4) is 5.82 Å². The molecular formula is C19H19N7O4. The smallest absolute Gasteiger partial charge is 0.292 e. The molecule has 3 heterocycles. The molecule has 0 atom stereocenters. The van der Waals surface area contributed by atoms with Crippen molar-refractivity contribution in [2.24, 2.45) is 0 Å². The predicted molar refractivity (Wildman–Crippen MR) is 108 cm³/mol. The standard InChI is InChI=1S/C19H19N7O4/c1-13-14(12-20-25(13)17-6-7-18(27)22-21-17)19(28)24-10-8-23(9-11-24)15-4-2-3-5-16(15)26(29)30/h2-7,12H,8-11H2,1H3,(H,22,27). The van der Waals surface area contributed by atoms with E-state index in [1.165, 1.54) is 29.1 Å². The second-order valence-electron chi connectivity index (χ2n) is 6.86. The number of H-pyrrole nitrogens is 1. The number of nitro benzene ring substituents is 1. The van der Waals surface area contributed by atoms with Crippen LogP contribution in [0, 0.1) is 17.0 Å². The van der Waals surface area contributed by atoms with Crippen molar-refractivity contribution in [1.82, 2.24) is 24.9 Å². The van der Waals surface area contributed by atoms with Gasteiger partial charge in [0.05, 0.1) is 22.4 Å². The third-order valence-electron chi connectivity index (χ3n) is 5.11. The number of carbonyl (C=O) groups is 1. The maximum absolute atomic E-state index is 13.0. The van der Waals surface area contributed by atoms with Gasteiger partial charge in [0.15, 0.2) is 5.82 Å². The lowest BCUT2D eigenvalue weighted by molar-refractivity contribution is -0.384. The van der Waals surface area contributed by atoms with Gasteiger partial charge in [0.2, 0.25) is 0 Å². The number of carbonyl (C=O) groups excluding carboxylic acids is 1. The summed E-state index contributed by atoms with van der Waals surface area (Å²) in [5.74, 6) is 0.248. The molecule has 11 heteroatoms. The van der Waals surface area contributed by atoms with Gasteiger partial charge in [-0.2, -0.15) is 10.2 Å². The Kier molecular flexibility index (Phi) is 5.00. The van der Waals surface area contributed by atoms with Crippen LogP contribution in [0.4, 0.5) is 11.4 Å². The first-order valence-electron chi connectivity index (χ1n) is 9.34. The highest BCUT2D eigenvalue weighted by molar-refractivity contribution is 5.95. The fraction of sp³-hybridized carbons (Fsp3) is 0.263. The maximum Gasteiger partial charge on any atom is 0.292 e. The van der Waals surface area contributed by atoms with E-state index in [0.717, 1.165) is 0 Å². The summed E-state index contributed by atoms with van der Waals surface area (Å²) in [6.07, 6.45) is 1.48. The van der Waals surface area contributed by atoms with Gasteiger partial charge in [-0.05, 0) is 19.1 Å². The predicted octanol–water partition coefficient (Wildman–Crippen LogP) is 1.13. The van der Waals surface area contributed by atoms with E-state index in [-0.39, 0.29) is 17.2 Å². The van der Waals surface area contributed by atoms with Crippen molar-refractivity contribution in [3.05, 3.63) is 74.3 Å². The van der Waals surface area contributed by atoms with Gasteiger partial charge in [-0.25, -0.2) is 9.78 Å². The zero-order valence-electron chi connectivity index (χ0n) is 16.2. The monoisotopic (exact) mass is 409 g/mol. The fourth-order valence-electron chi connectivity index (χ4n) is 3.51. The van der Waals surface area contributed by atoms with Gasteiger partial charge in [-0.3, -0.25) is 19.7 Å². The maximum atomic E-state index is 13.0. The number of hydrogen-bond acceptors (Lipinski definition) is 7. The first-order valence-corrected chi connectivity index (χ1v) is 9.34. The van der Waals surface area contributed by atoms with E-state index in [9.17, 15) is 19.7 Å². The number of rotatable bonds is 4. The van der Waals surface area contributed by atoms with Gasteiger partial charge >= 0.3 is 0 Å². The van der Waals surface area contributed by atoms with E-state index in [1.54, 1.807) is 30.0 Å². The van der Waals surface area contributed by atoms with Gasteiger partial charge in [-0.15, -0.1) is 0 Å². The molecule has 1 fully saturated rings. The summed E-state index contributed by atoms with van der Waals surface area (Å²) in [4.78, 5) is 38.7. The zero-order chi connectivity index (χ0) is 21.3. The molecule has 1 aromatic carbocycles. The van der Waals surface area contributed by atoms with Crippen LogP contribution in [-0.4, -0.2) is 61.9 Å². The van der Waals surface area contributed by atoms with E-state index in [0.29, 0.717) is 48.9 Å². The van der Waals surface area contributed by atoms with E-state index < -0.39 is 4.92 Å².